The summed E-state index contributed by atoms with van der Waals surface area (Å²) in [7, 11) is -4.52. The molecule has 1 aromatic carbocycles. The van der Waals surface area contributed by atoms with Crippen molar-refractivity contribution >= 4 is 28.3 Å². The molecule has 0 unspecified atom stereocenters. The number of carbonyl (C=O) groups is 2. The molecule has 0 radical (unpaired) electrons. The van der Waals surface area contributed by atoms with Gasteiger partial charge < -0.3 is 24.1 Å². The van der Waals surface area contributed by atoms with E-state index in [0.717, 1.165) is 5.56 Å². The molecule has 2 N–H and O–H groups in total. The summed E-state index contributed by atoms with van der Waals surface area (Å²) in [5, 5.41) is 21.7. The van der Waals surface area contributed by atoms with E-state index in [2.05, 4.69) is 11.5 Å². The highest BCUT2D eigenvalue weighted by molar-refractivity contribution is 6.83. The van der Waals surface area contributed by atoms with Gasteiger partial charge in [-0.3, -0.25) is 4.79 Å². The predicted molar refractivity (Wildman–Crippen MR) is 146 cm³/mol. The van der Waals surface area contributed by atoms with Crippen molar-refractivity contribution in [1.82, 2.24) is 0 Å². The van der Waals surface area contributed by atoms with Crippen molar-refractivity contribution in [2.75, 3.05) is 6.61 Å². The van der Waals surface area contributed by atoms with Gasteiger partial charge in [-0.05, 0) is 30.6 Å². The summed E-state index contributed by atoms with van der Waals surface area (Å²) in [5.41, 5.74) is 1.76. The van der Waals surface area contributed by atoms with Gasteiger partial charge in [0.05, 0.1) is 19.1 Å². The monoisotopic (exact) mass is 536 g/mol. The number of benzene rings is 1. The zero-order valence-electron chi connectivity index (χ0n) is 23.3. The van der Waals surface area contributed by atoms with E-state index in [-0.39, 0.29) is 24.7 Å². The van der Waals surface area contributed by atoms with Crippen LogP contribution in [0.2, 0.25) is 37.8 Å². The lowest BCUT2D eigenvalue weighted by Gasteiger charge is -2.45. The van der Waals surface area contributed by atoms with Crippen molar-refractivity contribution in [3.05, 3.63) is 35.9 Å². The SMILES string of the molecule is CCOC(=O)C[C@@](O[Si](C)(C)C(C)(C)C)(C(=O)OCc1ccccc1)[C@H](O)C[C@H](O)C#C[Si](C)(C)C. The molecule has 1 rings (SSSR count). The smallest absolute Gasteiger partial charge is 0.340 e. The molecular formula is C27H44O7Si2. The van der Waals surface area contributed by atoms with Gasteiger partial charge in [-0.1, -0.05) is 76.7 Å². The van der Waals surface area contributed by atoms with Gasteiger partial charge in [-0.15, -0.1) is 5.54 Å². The number of carbonyl (C=O) groups excluding carboxylic acids is 2. The minimum atomic E-state index is -2.74. The molecule has 0 amide bonds. The third kappa shape index (κ3) is 9.83. The molecule has 1 aromatic rings. The van der Waals surface area contributed by atoms with Crippen LogP contribution >= 0.6 is 0 Å². The number of rotatable bonds is 11. The highest BCUT2D eigenvalue weighted by Crippen LogP contribution is 2.42. The van der Waals surface area contributed by atoms with E-state index < -0.39 is 52.6 Å². The van der Waals surface area contributed by atoms with Gasteiger partial charge in [0.25, 0.3) is 0 Å². The highest BCUT2D eigenvalue weighted by Gasteiger charge is 2.55. The average Bonchev–Trinajstić information content (AvgIpc) is 2.75. The predicted octanol–water partition coefficient (Wildman–Crippen LogP) is 4.44. The van der Waals surface area contributed by atoms with E-state index in [0.29, 0.717) is 0 Å². The Morgan fingerprint density at radius 2 is 1.58 bits per heavy atom. The topological polar surface area (TPSA) is 102 Å². The zero-order valence-corrected chi connectivity index (χ0v) is 25.3. The van der Waals surface area contributed by atoms with Crippen LogP contribution in [0.25, 0.3) is 0 Å². The summed E-state index contributed by atoms with van der Waals surface area (Å²) in [5.74, 6) is 1.22. The Labute approximate surface area is 218 Å². The van der Waals surface area contributed by atoms with Crippen molar-refractivity contribution in [3.8, 4) is 11.5 Å². The fraction of sp³-hybridized carbons (Fsp3) is 0.630. The van der Waals surface area contributed by atoms with Crippen molar-refractivity contribution in [2.45, 2.75) is 103 Å². The lowest BCUT2D eigenvalue weighted by Crippen LogP contribution is -2.61. The molecule has 3 atom stereocenters. The number of hydrogen-bond acceptors (Lipinski definition) is 7. The summed E-state index contributed by atoms with van der Waals surface area (Å²) in [6.45, 7) is 17.6. The van der Waals surface area contributed by atoms with Crippen molar-refractivity contribution in [3.63, 3.8) is 0 Å². The fourth-order valence-corrected chi connectivity index (χ4v) is 5.22. The first-order valence-corrected chi connectivity index (χ1v) is 18.8. The number of hydrogen-bond donors (Lipinski definition) is 2. The van der Waals surface area contributed by atoms with Crippen molar-refractivity contribution < 1.29 is 33.7 Å². The Balaban J connectivity index is 3.50. The maximum absolute atomic E-state index is 13.7. The van der Waals surface area contributed by atoms with Crippen LogP contribution in [0.4, 0.5) is 0 Å². The fourth-order valence-electron chi connectivity index (χ4n) is 3.11. The van der Waals surface area contributed by atoms with Gasteiger partial charge in [0.2, 0.25) is 0 Å². The standard InChI is InChI=1S/C27H44O7Si2/c1-10-32-24(30)19-27(34-36(8,9)26(2,3)4,23(29)18-22(28)16-17-35(5,6)7)25(31)33-20-21-14-12-11-13-15-21/h11-15,22-23,28-29H,10,18-20H2,1-9H3/t22-,23-,27+/m1/s1. The molecule has 0 fully saturated rings. The molecule has 0 aliphatic heterocycles. The summed E-state index contributed by atoms with van der Waals surface area (Å²) >= 11 is 0. The van der Waals surface area contributed by atoms with Gasteiger partial charge >= 0.3 is 11.9 Å². The number of esters is 2. The Hall–Kier alpha value is -1.97. The first-order chi connectivity index (χ1) is 16.4. The number of ether oxygens (including phenoxy) is 2. The second-order valence-corrected chi connectivity index (χ2v) is 21.1. The van der Waals surface area contributed by atoms with Gasteiger partial charge in [0.15, 0.2) is 13.9 Å². The van der Waals surface area contributed by atoms with E-state index in [9.17, 15) is 19.8 Å². The molecule has 0 saturated heterocycles. The first-order valence-electron chi connectivity index (χ1n) is 12.4. The molecule has 36 heavy (non-hydrogen) atoms. The van der Waals surface area contributed by atoms with Crippen LogP contribution in [-0.4, -0.2) is 63.0 Å². The highest BCUT2D eigenvalue weighted by atomic mass is 28.4. The molecule has 0 bridgehead atoms. The van der Waals surface area contributed by atoms with Crippen LogP contribution in [0.5, 0.6) is 0 Å². The Kier molecular flexibility index (Phi) is 11.6. The maximum atomic E-state index is 13.7. The second-order valence-electron chi connectivity index (χ2n) is 11.6. The molecule has 9 heteroatoms. The molecule has 0 aromatic heterocycles. The first kappa shape index (κ1) is 32.1. The minimum Gasteiger partial charge on any atom is -0.466 e. The Bertz CT molecular complexity index is 923. The molecule has 0 aliphatic carbocycles. The Morgan fingerprint density at radius 1 is 1.00 bits per heavy atom. The molecule has 0 aliphatic rings. The third-order valence-electron chi connectivity index (χ3n) is 6.11. The molecule has 0 spiro atoms. The van der Waals surface area contributed by atoms with Crippen LogP contribution in [-0.2, 0) is 30.1 Å². The lowest BCUT2D eigenvalue weighted by molar-refractivity contribution is -0.185. The largest absolute Gasteiger partial charge is 0.466 e. The quantitative estimate of drug-likeness (QED) is 0.245. The normalized spacial score (nSPS) is 15.6. The third-order valence-corrected chi connectivity index (χ3v) is 11.5. The van der Waals surface area contributed by atoms with Gasteiger partial charge in [-0.2, -0.15) is 0 Å². The molecule has 7 nitrogen and oxygen atoms in total. The van der Waals surface area contributed by atoms with Gasteiger partial charge in [0, 0.05) is 6.42 Å². The van der Waals surface area contributed by atoms with E-state index >= 15 is 0 Å². The summed E-state index contributed by atoms with van der Waals surface area (Å²) in [4.78, 5) is 26.4. The van der Waals surface area contributed by atoms with Gasteiger partial charge in [0.1, 0.15) is 20.8 Å². The van der Waals surface area contributed by atoms with E-state index in [1.165, 1.54) is 0 Å². The number of aliphatic hydroxyl groups is 2. The lowest BCUT2D eigenvalue weighted by atomic mass is 9.89. The summed E-state index contributed by atoms with van der Waals surface area (Å²) in [6, 6.07) is 9.11. The van der Waals surface area contributed by atoms with Crippen molar-refractivity contribution in [2.24, 2.45) is 0 Å². The van der Waals surface area contributed by atoms with Crippen LogP contribution in [0, 0.1) is 11.5 Å². The second kappa shape index (κ2) is 13.0. The molecule has 0 heterocycles. The number of aliphatic hydroxyl groups excluding tert-OH is 2. The van der Waals surface area contributed by atoms with Crippen LogP contribution in [0.3, 0.4) is 0 Å². The van der Waals surface area contributed by atoms with E-state index in [1.54, 1.807) is 19.1 Å². The maximum Gasteiger partial charge on any atom is 0.340 e. The van der Waals surface area contributed by atoms with E-state index in [1.807, 2.05) is 71.7 Å². The van der Waals surface area contributed by atoms with Crippen LogP contribution in [0.1, 0.15) is 46.1 Å². The van der Waals surface area contributed by atoms with Crippen molar-refractivity contribution in [1.29, 1.82) is 0 Å². The Morgan fingerprint density at radius 3 is 2.08 bits per heavy atom. The minimum absolute atomic E-state index is 0.0597. The van der Waals surface area contributed by atoms with E-state index in [4.69, 9.17) is 13.9 Å². The molecular weight excluding hydrogens is 492 g/mol. The molecule has 0 saturated carbocycles. The zero-order chi connectivity index (χ0) is 27.8. The van der Waals surface area contributed by atoms with Gasteiger partial charge in [-0.25, -0.2) is 4.79 Å². The summed E-state index contributed by atoms with van der Waals surface area (Å²) < 4.78 is 17.3. The van der Waals surface area contributed by atoms with Crippen LogP contribution in [0.15, 0.2) is 30.3 Å². The average molecular weight is 537 g/mol. The molecule has 202 valence electrons. The summed E-state index contributed by atoms with van der Waals surface area (Å²) in [6.07, 6.45) is -3.61. The van der Waals surface area contributed by atoms with Crippen LogP contribution < -0.4 is 0 Å².